The fourth-order valence-electron chi connectivity index (χ4n) is 3.01. The van der Waals surface area contributed by atoms with E-state index in [1.54, 1.807) is 0 Å². The third-order valence-corrected chi connectivity index (χ3v) is 4.13. The SMILES string of the molecule is CCCC(NC(=O)CC1CCc2ccccc2C1)C(=O)O. The molecule has 2 unspecified atom stereocenters. The Morgan fingerprint density at radius 2 is 2.05 bits per heavy atom. The zero-order valence-electron chi connectivity index (χ0n) is 12.5. The molecule has 21 heavy (non-hydrogen) atoms. The number of hydrogen-bond donors (Lipinski definition) is 2. The summed E-state index contributed by atoms with van der Waals surface area (Å²) in [6.07, 6.45) is 4.56. The number of carboxylic acids is 1. The highest BCUT2D eigenvalue weighted by atomic mass is 16.4. The van der Waals surface area contributed by atoms with Crippen LogP contribution in [0.2, 0.25) is 0 Å². The largest absolute Gasteiger partial charge is 0.480 e. The molecule has 0 radical (unpaired) electrons. The van der Waals surface area contributed by atoms with E-state index in [0.717, 1.165) is 25.7 Å². The number of nitrogens with one attached hydrogen (secondary N) is 1. The first-order valence-electron chi connectivity index (χ1n) is 7.69. The van der Waals surface area contributed by atoms with Crippen LogP contribution in [0.3, 0.4) is 0 Å². The molecule has 1 aromatic rings. The van der Waals surface area contributed by atoms with Crippen LogP contribution in [0.5, 0.6) is 0 Å². The van der Waals surface area contributed by atoms with Crippen molar-refractivity contribution in [3.8, 4) is 0 Å². The number of fused-ring (bicyclic) bond motifs is 1. The van der Waals surface area contributed by atoms with E-state index in [2.05, 4.69) is 17.4 Å². The lowest BCUT2D eigenvalue weighted by Gasteiger charge is -2.24. The van der Waals surface area contributed by atoms with Gasteiger partial charge < -0.3 is 10.4 Å². The second kappa shape index (κ2) is 7.25. The maximum Gasteiger partial charge on any atom is 0.326 e. The van der Waals surface area contributed by atoms with Gasteiger partial charge >= 0.3 is 5.97 Å². The molecule has 2 N–H and O–H groups in total. The van der Waals surface area contributed by atoms with Gasteiger partial charge in [-0.05, 0) is 42.7 Å². The number of rotatable bonds is 6. The Balaban J connectivity index is 1.88. The van der Waals surface area contributed by atoms with Gasteiger partial charge in [-0.25, -0.2) is 4.79 Å². The Bertz CT molecular complexity index is 513. The Morgan fingerprint density at radius 1 is 1.33 bits per heavy atom. The Labute approximate surface area is 125 Å². The van der Waals surface area contributed by atoms with E-state index in [1.165, 1.54) is 11.1 Å². The van der Waals surface area contributed by atoms with Crippen molar-refractivity contribution in [2.24, 2.45) is 5.92 Å². The van der Waals surface area contributed by atoms with Crippen LogP contribution in [-0.4, -0.2) is 23.0 Å². The fraction of sp³-hybridized carbons (Fsp3) is 0.529. The molecule has 0 bridgehead atoms. The van der Waals surface area contributed by atoms with Gasteiger partial charge in [0.15, 0.2) is 0 Å². The van der Waals surface area contributed by atoms with E-state index in [4.69, 9.17) is 5.11 Å². The van der Waals surface area contributed by atoms with Gasteiger partial charge in [0, 0.05) is 6.42 Å². The van der Waals surface area contributed by atoms with Crippen molar-refractivity contribution >= 4 is 11.9 Å². The molecule has 1 aromatic carbocycles. The maximum absolute atomic E-state index is 12.0. The third-order valence-electron chi connectivity index (χ3n) is 4.13. The van der Waals surface area contributed by atoms with Gasteiger partial charge in [-0.1, -0.05) is 37.6 Å². The van der Waals surface area contributed by atoms with Crippen molar-refractivity contribution in [1.82, 2.24) is 5.32 Å². The summed E-state index contributed by atoms with van der Waals surface area (Å²) in [6, 6.07) is 7.60. The number of benzene rings is 1. The minimum atomic E-state index is -0.945. The molecule has 0 spiro atoms. The first-order chi connectivity index (χ1) is 10.1. The first-order valence-corrected chi connectivity index (χ1v) is 7.69. The lowest BCUT2D eigenvalue weighted by Crippen LogP contribution is -2.41. The molecule has 114 valence electrons. The first kappa shape index (κ1) is 15.5. The Morgan fingerprint density at radius 3 is 2.71 bits per heavy atom. The summed E-state index contributed by atoms with van der Waals surface area (Å²) in [7, 11) is 0. The van der Waals surface area contributed by atoms with Crippen molar-refractivity contribution < 1.29 is 14.7 Å². The number of carboxylic acid groups (broad SMARTS) is 1. The Kier molecular flexibility index (Phi) is 5.37. The molecule has 2 atom stereocenters. The predicted octanol–water partition coefficient (Wildman–Crippen LogP) is 2.55. The summed E-state index contributed by atoms with van der Waals surface area (Å²) < 4.78 is 0. The van der Waals surface area contributed by atoms with Crippen LogP contribution >= 0.6 is 0 Å². The molecule has 1 aliphatic rings. The standard InChI is InChI=1S/C17H23NO3/c1-2-5-15(17(20)21)18-16(19)11-12-8-9-13-6-3-4-7-14(13)10-12/h3-4,6-7,12,15H,2,5,8-11H2,1H3,(H,18,19)(H,20,21). The summed E-state index contributed by atoms with van der Waals surface area (Å²) in [5.74, 6) is -0.768. The number of aryl methyl sites for hydroxylation is 1. The number of amides is 1. The fourth-order valence-corrected chi connectivity index (χ4v) is 3.01. The van der Waals surface area contributed by atoms with E-state index in [9.17, 15) is 9.59 Å². The smallest absolute Gasteiger partial charge is 0.326 e. The molecule has 0 fully saturated rings. The lowest BCUT2D eigenvalue weighted by atomic mass is 9.82. The lowest BCUT2D eigenvalue weighted by molar-refractivity contribution is -0.142. The van der Waals surface area contributed by atoms with Crippen molar-refractivity contribution in [2.45, 2.75) is 51.5 Å². The predicted molar refractivity (Wildman–Crippen MR) is 81.0 cm³/mol. The van der Waals surface area contributed by atoms with Crippen LogP contribution in [0.4, 0.5) is 0 Å². The molecule has 0 aromatic heterocycles. The summed E-state index contributed by atoms with van der Waals surface area (Å²) >= 11 is 0. The number of aliphatic carboxylic acids is 1. The van der Waals surface area contributed by atoms with Crippen molar-refractivity contribution in [1.29, 1.82) is 0 Å². The van der Waals surface area contributed by atoms with Gasteiger partial charge in [0.2, 0.25) is 5.91 Å². The van der Waals surface area contributed by atoms with Gasteiger partial charge in [-0.2, -0.15) is 0 Å². The van der Waals surface area contributed by atoms with Crippen LogP contribution < -0.4 is 5.32 Å². The van der Waals surface area contributed by atoms with Gasteiger partial charge in [0.05, 0.1) is 0 Å². The average molecular weight is 289 g/mol. The number of hydrogen-bond acceptors (Lipinski definition) is 2. The van der Waals surface area contributed by atoms with Gasteiger partial charge in [0.25, 0.3) is 0 Å². The van der Waals surface area contributed by atoms with Crippen molar-refractivity contribution in [3.63, 3.8) is 0 Å². The maximum atomic E-state index is 12.0. The second-order valence-corrected chi connectivity index (χ2v) is 5.83. The second-order valence-electron chi connectivity index (χ2n) is 5.83. The topological polar surface area (TPSA) is 66.4 Å². The normalized spacial score (nSPS) is 18.6. The van der Waals surface area contributed by atoms with Crippen LogP contribution in [0.25, 0.3) is 0 Å². The molecule has 1 amide bonds. The molecular weight excluding hydrogens is 266 g/mol. The van der Waals surface area contributed by atoms with E-state index < -0.39 is 12.0 Å². The number of carbonyl (C=O) groups is 2. The summed E-state index contributed by atoms with van der Waals surface area (Å²) in [5.41, 5.74) is 2.70. The molecule has 1 aliphatic carbocycles. The molecule has 0 saturated carbocycles. The molecule has 4 heteroatoms. The van der Waals surface area contributed by atoms with Crippen LogP contribution in [0, 0.1) is 5.92 Å². The highest BCUT2D eigenvalue weighted by Crippen LogP contribution is 2.27. The van der Waals surface area contributed by atoms with Gasteiger partial charge in [0.1, 0.15) is 6.04 Å². The Hall–Kier alpha value is -1.84. The monoisotopic (exact) mass is 289 g/mol. The highest BCUT2D eigenvalue weighted by Gasteiger charge is 2.23. The molecule has 2 rings (SSSR count). The van der Waals surface area contributed by atoms with E-state index >= 15 is 0 Å². The molecule has 0 saturated heterocycles. The van der Waals surface area contributed by atoms with Crippen molar-refractivity contribution in [3.05, 3.63) is 35.4 Å². The van der Waals surface area contributed by atoms with Crippen LogP contribution in [-0.2, 0) is 22.4 Å². The minimum Gasteiger partial charge on any atom is -0.480 e. The van der Waals surface area contributed by atoms with Crippen LogP contribution in [0.15, 0.2) is 24.3 Å². The van der Waals surface area contributed by atoms with E-state index in [0.29, 0.717) is 18.8 Å². The summed E-state index contributed by atoms with van der Waals surface area (Å²) in [6.45, 7) is 1.92. The van der Waals surface area contributed by atoms with E-state index in [1.807, 2.05) is 19.1 Å². The van der Waals surface area contributed by atoms with E-state index in [-0.39, 0.29) is 5.91 Å². The zero-order valence-corrected chi connectivity index (χ0v) is 12.5. The summed E-state index contributed by atoms with van der Waals surface area (Å²) in [4.78, 5) is 23.1. The minimum absolute atomic E-state index is 0.139. The van der Waals surface area contributed by atoms with Gasteiger partial charge in [-0.15, -0.1) is 0 Å². The zero-order chi connectivity index (χ0) is 15.2. The molecular formula is C17H23NO3. The third kappa shape index (κ3) is 4.31. The number of carbonyl (C=O) groups excluding carboxylic acids is 1. The quantitative estimate of drug-likeness (QED) is 0.845. The molecule has 4 nitrogen and oxygen atoms in total. The van der Waals surface area contributed by atoms with Crippen molar-refractivity contribution in [2.75, 3.05) is 0 Å². The van der Waals surface area contributed by atoms with Gasteiger partial charge in [-0.3, -0.25) is 4.79 Å². The average Bonchev–Trinajstić information content (AvgIpc) is 2.46. The highest BCUT2D eigenvalue weighted by molar-refractivity contribution is 5.83. The summed E-state index contributed by atoms with van der Waals surface area (Å²) in [5, 5.41) is 11.7. The van der Waals surface area contributed by atoms with Crippen LogP contribution in [0.1, 0.15) is 43.7 Å². The molecule has 0 heterocycles. The molecule has 0 aliphatic heterocycles.